The quantitative estimate of drug-likeness (QED) is 0.650. The van der Waals surface area contributed by atoms with Gasteiger partial charge in [0.05, 0.1) is 0 Å². The molecule has 25 heavy (non-hydrogen) atoms. The van der Waals surface area contributed by atoms with Crippen molar-refractivity contribution in [2.24, 2.45) is 0 Å². The van der Waals surface area contributed by atoms with Crippen LogP contribution in [-0.4, -0.2) is 26.8 Å². The van der Waals surface area contributed by atoms with Gasteiger partial charge in [0.15, 0.2) is 5.13 Å². The number of nitrogens with one attached hydrogen (secondary N) is 3. The van der Waals surface area contributed by atoms with Crippen LogP contribution in [-0.2, 0) is 4.79 Å². The van der Waals surface area contributed by atoms with Gasteiger partial charge in [-0.25, -0.2) is 15.0 Å². The summed E-state index contributed by atoms with van der Waals surface area (Å²) >= 11 is 1.30. The minimum Gasteiger partial charge on any atom is -0.326 e. The Bertz CT molecular complexity index is 879. The van der Waals surface area contributed by atoms with Gasteiger partial charge in [0.2, 0.25) is 5.91 Å². The van der Waals surface area contributed by atoms with Crippen molar-refractivity contribution < 1.29 is 9.59 Å². The van der Waals surface area contributed by atoms with E-state index in [1.165, 1.54) is 24.6 Å². The van der Waals surface area contributed by atoms with E-state index in [0.717, 1.165) is 0 Å². The third-order valence-electron chi connectivity index (χ3n) is 3.02. The van der Waals surface area contributed by atoms with Crippen molar-refractivity contribution in [3.05, 3.63) is 53.9 Å². The van der Waals surface area contributed by atoms with Gasteiger partial charge in [-0.1, -0.05) is 0 Å². The summed E-state index contributed by atoms with van der Waals surface area (Å²) in [4.78, 5) is 35.4. The van der Waals surface area contributed by atoms with Gasteiger partial charge in [-0.2, -0.15) is 0 Å². The number of rotatable bonds is 5. The minimum absolute atomic E-state index is 0.150. The predicted molar refractivity (Wildman–Crippen MR) is 96.1 cm³/mol. The molecule has 0 spiro atoms. The van der Waals surface area contributed by atoms with Crippen LogP contribution in [0.4, 0.5) is 22.3 Å². The highest BCUT2D eigenvalue weighted by Crippen LogP contribution is 2.20. The van der Waals surface area contributed by atoms with E-state index in [0.29, 0.717) is 28.0 Å². The molecule has 0 aliphatic heterocycles. The summed E-state index contributed by atoms with van der Waals surface area (Å²) < 4.78 is 0. The fourth-order valence-corrected chi connectivity index (χ4v) is 2.64. The van der Waals surface area contributed by atoms with Crippen molar-refractivity contribution in [1.82, 2.24) is 15.0 Å². The molecule has 2 aromatic heterocycles. The highest BCUT2D eigenvalue weighted by molar-refractivity contribution is 7.14. The van der Waals surface area contributed by atoms with Crippen molar-refractivity contribution in [3.8, 4) is 0 Å². The smallest absolute Gasteiger partial charge is 0.275 e. The fourth-order valence-electron chi connectivity index (χ4n) is 1.94. The van der Waals surface area contributed by atoms with Crippen molar-refractivity contribution in [1.29, 1.82) is 0 Å². The van der Waals surface area contributed by atoms with E-state index in [9.17, 15) is 9.59 Å². The number of thiazole rings is 1. The number of nitrogens with zero attached hydrogens (tertiary/aromatic N) is 3. The zero-order valence-corrected chi connectivity index (χ0v) is 14.0. The largest absolute Gasteiger partial charge is 0.326 e. The summed E-state index contributed by atoms with van der Waals surface area (Å²) in [5.41, 5.74) is 1.57. The Kier molecular flexibility index (Phi) is 4.95. The lowest BCUT2D eigenvalue weighted by atomic mass is 10.2. The second kappa shape index (κ2) is 7.49. The summed E-state index contributed by atoms with van der Waals surface area (Å²) in [5.74, 6) is 0.132. The first kappa shape index (κ1) is 16.5. The van der Waals surface area contributed by atoms with Gasteiger partial charge in [0.1, 0.15) is 17.8 Å². The van der Waals surface area contributed by atoms with E-state index in [-0.39, 0.29) is 11.8 Å². The van der Waals surface area contributed by atoms with Crippen LogP contribution in [0.25, 0.3) is 0 Å². The Morgan fingerprint density at radius 1 is 1.04 bits per heavy atom. The van der Waals surface area contributed by atoms with Gasteiger partial charge in [-0.3, -0.25) is 9.59 Å². The van der Waals surface area contributed by atoms with Crippen LogP contribution in [0.1, 0.15) is 17.4 Å². The maximum Gasteiger partial charge on any atom is 0.275 e. The first-order valence-corrected chi connectivity index (χ1v) is 8.16. The number of hydrogen-bond donors (Lipinski definition) is 3. The first-order valence-electron chi connectivity index (χ1n) is 7.28. The van der Waals surface area contributed by atoms with Crippen LogP contribution in [0.2, 0.25) is 0 Å². The van der Waals surface area contributed by atoms with E-state index >= 15 is 0 Å². The minimum atomic E-state index is -0.320. The average Bonchev–Trinajstić information content (AvgIpc) is 3.06. The number of benzene rings is 1. The first-order chi connectivity index (χ1) is 12.1. The number of aromatic nitrogens is 3. The molecule has 0 aliphatic carbocycles. The van der Waals surface area contributed by atoms with Crippen LogP contribution in [0.3, 0.4) is 0 Å². The molecule has 8 nitrogen and oxygen atoms in total. The predicted octanol–water partition coefficient (Wildman–Crippen LogP) is 2.89. The summed E-state index contributed by atoms with van der Waals surface area (Å²) in [7, 11) is 0. The highest BCUT2D eigenvalue weighted by atomic mass is 32.1. The molecule has 3 N–H and O–H groups in total. The summed E-state index contributed by atoms with van der Waals surface area (Å²) in [6, 6.07) is 8.53. The molecule has 2 amide bonds. The summed E-state index contributed by atoms with van der Waals surface area (Å²) in [6.07, 6.45) is 3.04. The SMILES string of the molecule is CC(=O)Nc1ccc(NC(=O)c2csc(Nc3ccncn3)n2)cc1. The Hall–Kier alpha value is -3.33. The third kappa shape index (κ3) is 4.58. The molecule has 0 radical (unpaired) electrons. The number of hydrogen-bond acceptors (Lipinski definition) is 7. The molecule has 0 fully saturated rings. The highest BCUT2D eigenvalue weighted by Gasteiger charge is 2.11. The van der Waals surface area contributed by atoms with E-state index < -0.39 is 0 Å². The van der Waals surface area contributed by atoms with Crippen LogP contribution >= 0.6 is 11.3 Å². The average molecular weight is 354 g/mol. The van der Waals surface area contributed by atoms with E-state index in [4.69, 9.17) is 0 Å². The summed E-state index contributed by atoms with van der Waals surface area (Å²) in [5, 5.41) is 10.6. The molecule has 1 aromatic carbocycles. The molecule has 3 aromatic rings. The standard InChI is InChI=1S/C16H14N6O2S/c1-10(23)19-11-2-4-12(5-3-11)20-15(24)13-8-25-16(21-13)22-14-6-7-17-9-18-14/h2-9H,1H3,(H,19,23)(H,20,24)(H,17,18,21,22). The van der Waals surface area contributed by atoms with E-state index in [2.05, 4.69) is 30.9 Å². The molecular formula is C16H14N6O2S. The molecule has 2 heterocycles. The zero-order chi connectivity index (χ0) is 17.6. The van der Waals surface area contributed by atoms with Gasteiger partial charge in [-0.15, -0.1) is 11.3 Å². The Balaban J connectivity index is 1.62. The number of carbonyl (C=O) groups excluding carboxylic acids is 2. The van der Waals surface area contributed by atoms with Crippen molar-refractivity contribution in [3.63, 3.8) is 0 Å². The Morgan fingerprint density at radius 2 is 1.76 bits per heavy atom. The van der Waals surface area contributed by atoms with Gasteiger partial charge in [0, 0.05) is 29.9 Å². The molecule has 126 valence electrons. The van der Waals surface area contributed by atoms with E-state index in [1.54, 1.807) is 41.9 Å². The number of carbonyl (C=O) groups is 2. The number of amides is 2. The van der Waals surface area contributed by atoms with E-state index in [1.807, 2.05) is 0 Å². The Labute approximate surface area is 147 Å². The third-order valence-corrected chi connectivity index (χ3v) is 3.77. The van der Waals surface area contributed by atoms with Crippen LogP contribution in [0.15, 0.2) is 48.2 Å². The fraction of sp³-hybridized carbons (Fsp3) is 0.0625. The van der Waals surface area contributed by atoms with Crippen molar-refractivity contribution in [2.75, 3.05) is 16.0 Å². The molecule has 0 bridgehead atoms. The van der Waals surface area contributed by atoms with Gasteiger partial charge >= 0.3 is 0 Å². The summed E-state index contributed by atoms with van der Waals surface area (Å²) in [6.45, 7) is 1.44. The van der Waals surface area contributed by atoms with Crippen LogP contribution in [0.5, 0.6) is 0 Å². The Morgan fingerprint density at radius 3 is 2.40 bits per heavy atom. The van der Waals surface area contributed by atoms with Gasteiger partial charge in [-0.05, 0) is 30.3 Å². The lowest BCUT2D eigenvalue weighted by Gasteiger charge is -2.05. The molecular weight excluding hydrogens is 340 g/mol. The molecule has 3 rings (SSSR count). The normalized spacial score (nSPS) is 10.1. The lowest BCUT2D eigenvalue weighted by Crippen LogP contribution is -2.12. The second-order valence-electron chi connectivity index (χ2n) is 4.97. The van der Waals surface area contributed by atoms with Crippen LogP contribution in [0, 0.1) is 0 Å². The van der Waals surface area contributed by atoms with Crippen molar-refractivity contribution >= 4 is 45.5 Å². The monoisotopic (exact) mass is 354 g/mol. The second-order valence-corrected chi connectivity index (χ2v) is 5.83. The van der Waals surface area contributed by atoms with Gasteiger partial charge in [0.25, 0.3) is 5.91 Å². The molecule has 9 heteroatoms. The zero-order valence-electron chi connectivity index (χ0n) is 13.2. The molecule has 0 atom stereocenters. The maximum absolute atomic E-state index is 12.3. The molecule has 0 unspecified atom stereocenters. The maximum atomic E-state index is 12.3. The lowest BCUT2D eigenvalue weighted by molar-refractivity contribution is -0.114. The van der Waals surface area contributed by atoms with Crippen molar-refractivity contribution in [2.45, 2.75) is 6.92 Å². The molecule has 0 saturated carbocycles. The van der Waals surface area contributed by atoms with Crippen LogP contribution < -0.4 is 16.0 Å². The number of anilines is 4. The molecule has 0 saturated heterocycles. The molecule has 0 aliphatic rings. The van der Waals surface area contributed by atoms with Gasteiger partial charge < -0.3 is 16.0 Å². The topological polar surface area (TPSA) is 109 Å².